The molecule has 0 saturated carbocycles. The zero-order chi connectivity index (χ0) is 13.6. The molecule has 0 aliphatic rings. The molecule has 0 aromatic heterocycles. The van der Waals surface area contributed by atoms with E-state index in [-0.39, 0.29) is 78.7 Å². The van der Waals surface area contributed by atoms with Crippen LogP contribution in [0.15, 0.2) is 58.9 Å². The average Bonchev–Trinajstić information content (AvgIpc) is 2.39. The van der Waals surface area contributed by atoms with E-state index in [4.69, 9.17) is 4.74 Å². The predicted octanol–water partition coefficient (Wildman–Crippen LogP) is -0.0779. The minimum atomic E-state index is -3.56. The summed E-state index contributed by atoms with van der Waals surface area (Å²) in [6, 6.07) is 6.32. The maximum Gasteiger partial charge on any atom is 1.00 e. The van der Waals surface area contributed by atoms with Crippen molar-refractivity contribution in [3.8, 4) is 5.75 Å². The van der Waals surface area contributed by atoms with E-state index in [2.05, 4.69) is 12.7 Å². The molecule has 19 heavy (non-hydrogen) atoms. The Morgan fingerprint density at radius 2 is 2.11 bits per heavy atom. The number of benzene rings is 1. The van der Waals surface area contributed by atoms with Gasteiger partial charge in [-0.05, 0) is 23.1 Å². The quantitative estimate of drug-likeness (QED) is 0.517. The monoisotopic (exact) mass is 396 g/mol. The first-order valence-electron chi connectivity index (χ1n) is 5.28. The number of sulfone groups is 1. The second kappa shape index (κ2) is 9.23. The topological polar surface area (TPSA) is 43.4 Å². The normalized spacial score (nSPS) is 12.0. The Balaban J connectivity index is 0.00000324. The fourth-order valence-corrected chi connectivity index (χ4v) is 2.61. The van der Waals surface area contributed by atoms with E-state index >= 15 is 0 Å². The number of rotatable bonds is 5. The van der Waals surface area contributed by atoms with Crippen LogP contribution in [0, 0.1) is 6.08 Å². The standard InChI is InChI=1S/C14H15O3S.Cs/c1-4-6-9-13(5-2)18(15,16)14-10-7-8-12(11-14)17-3;/h5-11H,2H2,1,3H3;/q-1;+1/b13-9+;. The van der Waals surface area contributed by atoms with Crippen molar-refractivity contribution < 1.29 is 82.0 Å². The van der Waals surface area contributed by atoms with E-state index in [1.54, 1.807) is 19.1 Å². The van der Waals surface area contributed by atoms with Crippen LogP contribution >= 0.6 is 0 Å². The van der Waals surface area contributed by atoms with Gasteiger partial charge in [-0.3, -0.25) is 6.08 Å². The smallest absolute Gasteiger partial charge is 0.497 e. The molecule has 1 rings (SSSR count). The molecular weight excluding hydrogens is 381 g/mol. The molecular formula is C14H15CsO3S. The van der Waals surface area contributed by atoms with Crippen molar-refractivity contribution in [1.29, 1.82) is 0 Å². The van der Waals surface area contributed by atoms with Gasteiger partial charge in [0, 0.05) is 0 Å². The number of allylic oxidation sites excluding steroid dienone is 4. The van der Waals surface area contributed by atoms with Crippen molar-refractivity contribution in [3.63, 3.8) is 0 Å². The largest absolute Gasteiger partial charge is 1.00 e. The molecule has 0 spiro atoms. The minimum absolute atomic E-state index is 0. The Bertz CT molecular complexity index is 586. The molecule has 5 heteroatoms. The van der Waals surface area contributed by atoms with Gasteiger partial charge in [0.1, 0.15) is 5.75 Å². The van der Waals surface area contributed by atoms with Crippen molar-refractivity contribution in [3.05, 3.63) is 60.1 Å². The fraction of sp³-hybridized carbons (Fsp3) is 0.143. The van der Waals surface area contributed by atoms with E-state index in [0.29, 0.717) is 5.75 Å². The molecule has 0 bridgehead atoms. The van der Waals surface area contributed by atoms with Crippen LogP contribution in [0.5, 0.6) is 5.75 Å². The van der Waals surface area contributed by atoms with Crippen molar-refractivity contribution in [1.82, 2.24) is 0 Å². The van der Waals surface area contributed by atoms with Crippen LogP contribution in [0.1, 0.15) is 6.92 Å². The third-order valence-corrected chi connectivity index (χ3v) is 4.08. The third kappa shape index (κ3) is 5.26. The zero-order valence-corrected chi connectivity index (χ0v) is 18.5. The molecule has 0 N–H and O–H groups in total. The summed E-state index contributed by atoms with van der Waals surface area (Å²) in [6.45, 7) is 5.21. The van der Waals surface area contributed by atoms with Gasteiger partial charge >= 0.3 is 68.9 Å². The average molecular weight is 396 g/mol. The molecule has 1 aromatic carbocycles. The Morgan fingerprint density at radius 3 is 2.63 bits per heavy atom. The van der Waals surface area contributed by atoms with Crippen LogP contribution in [0.2, 0.25) is 0 Å². The summed E-state index contributed by atoms with van der Waals surface area (Å²) < 4.78 is 29.6. The van der Waals surface area contributed by atoms with Gasteiger partial charge in [-0.15, -0.1) is 6.92 Å². The minimum Gasteiger partial charge on any atom is -0.497 e. The summed E-state index contributed by atoms with van der Waals surface area (Å²) in [7, 11) is -2.07. The van der Waals surface area contributed by atoms with Crippen LogP contribution < -0.4 is 73.6 Å². The van der Waals surface area contributed by atoms with Gasteiger partial charge in [-0.2, -0.15) is 6.08 Å². The number of hydrogen-bond acceptors (Lipinski definition) is 3. The van der Waals surface area contributed by atoms with Gasteiger partial charge in [0.15, 0.2) is 9.84 Å². The molecule has 96 valence electrons. The van der Waals surface area contributed by atoms with E-state index in [1.165, 1.54) is 37.5 Å². The Kier molecular flexibility index (Phi) is 9.35. The Labute approximate surface area is 173 Å². The summed E-state index contributed by atoms with van der Waals surface area (Å²) in [5.74, 6) is 0.497. The maximum atomic E-state index is 12.3. The zero-order valence-electron chi connectivity index (χ0n) is 11.4. The molecule has 0 aliphatic heterocycles. The van der Waals surface area contributed by atoms with Crippen LogP contribution in [-0.2, 0) is 9.84 Å². The second-order valence-electron chi connectivity index (χ2n) is 3.41. The van der Waals surface area contributed by atoms with Crippen LogP contribution in [0.3, 0.4) is 0 Å². The molecule has 0 fully saturated rings. The van der Waals surface area contributed by atoms with Gasteiger partial charge in [-0.1, -0.05) is 18.7 Å². The van der Waals surface area contributed by atoms with Gasteiger partial charge in [-0.25, -0.2) is 14.5 Å². The first kappa shape index (κ1) is 19.2. The van der Waals surface area contributed by atoms with Crippen molar-refractivity contribution in [2.24, 2.45) is 0 Å². The summed E-state index contributed by atoms with van der Waals surface area (Å²) >= 11 is 0. The molecule has 0 radical (unpaired) electrons. The number of ether oxygens (including phenoxy) is 1. The molecule has 0 atom stereocenters. The van der Waals surface area contributed by atoms with Crippen molar-refractivity contribution in [2.75, 3.05) is 7.11 Å². The van der Waals surface area contributed by atoms with Gasteiger partial charge in [0.2, 0.25) is 0 Å². The number of hydrogen-bond donors (Lipinski definition) is 0. The van der Waals surface area contributed by atoms with Crippen LogP contribution in [0.4, 0.5) is 0 Å². The molecule has 0 heterocycles. The van der Waals surface area contributed by atoms with Gasteiger partial charge < -0.3 is 4.74 Å². The Hall–Kier alpha value is 0.242. The first-order chi connectivity index (χ1) is 8.56. The Morgan fingerprint density at radius 1 is 1.42 bits per heavy atom. The van der Waals surface area contributed by atoms with E-state index in [0.717, 1.165) is 0 Å². The van der Waals surface area contributed by atoms with E-state index in [1.807, 2.05) is 0 Å². The summed E-state index contributed by atoms with van der Waals surface area (Å²) in [5, 5.41) is 0. The summed E-state index contributed by atoms with van der Waals surface area (Å²) in [4.78, 5) is 0.308. The first-order valence-corrected chi connectivity index (χ1v) is 6.77. The fourth-order valence-electron chi connectivity index (χ4n) is 1.34. The van der Waals surface area contributed by atoms with Crippen LogP contribution in [0.25, 0.3) is 0 Å². The maximum absolute atomic E-state index is 12.3. The van der Waals surface area contributed by atoms with Gasteiger partial charge in [0.25, 0.3) is 0 Å². The number of methoxy groups -OCH3 is 1. The predicted molar refractivity (Wildman–Crippen MR) is 71.9 cm³/mol. The molecule has 0 unspecified atom stereocenters. The molecule has 1 aromatic rings. The van der Waals surface area contributed by atoms with Gasteiger partial charge in [0.05, 0.1) is 12.0 Å². The van der Waals surface area contributed by atoms with E-state index in [9.17, 15) is 8.42 Å². The molecule has 3 nitrogen and oxygen atoms in total. The van der Waals surface area contributed by atoms with E-state index < -0.39 is 9.84 Å². The molecule has 0 amide bonds. The summed E-state index contributed by atoms with van der Waals surface area (Å²) in [5.41, 5.74) is 0. The molecule has 0 saturated heterocycles. The van der Waals surface area contributed by atoms with Crippen LogP contribution in [-0.4, -0.2) is 15.5 Å². The third-order valence-electron chi connectivity index (χ3n) is 2.28. The van der Waals surface area contributed by atoms with Crippen molar-refractivity contribution in [2.45, 2.75) is 11.8 Å². The van der Waals surface area contributed by atoms with Crippen molar-refractivity contribution >= 4 is 9.84 Å². The summed E-state index contributed by atoms with van der Waals surface area (Å²) in [6.07, 6.45) is 7.05. The molecule has 0 aliphatic carbocycles. The SMILES string of the molecule is C=C/C(=C\C=[C-]C)S(=O)(=O)c1cccc(OC)c1.[Cs+]. The second-order valence-corrected chi connectivity index (χ2v) is 5.36.